The molecule has 4 rings (SSSR count). The number of nitrogens with zero attached hydrogens (tertiary/aromatic N) is 4. The van der Waals surface area contributed by atoms with Gasteiger partial charge in [-0.2, -0.15) is 0 Å². The second-order valence-corrected chi connectivity index (χ2v) is 8.09. The van der Waals surface area contributed by atoms with Crippen LogP contribution in [0.15, 0.2) is 54.9 Å². The highest BCUT2D eigenvalue weighted by molar-refractivity contribution is 6.30. The lowest BCUT2D eigenvalue weighted by Gasteiger charge is -2.40. The number of halogens is 2. The zero-order chi connectivity index (χ0) is 22.7. The van der Waals surface area contributed by atoms with E-state index in [-0.39, 0.29) is 17.9 Å². The van der Waals surface area contributed by atoms with Gasteiger partial charge in [-0.15, -0.1) is 0 Å². The fourth-order valence-corrected chi connectivity index (χ4v) is 3.72. The molecule has 0 spiro atoms. The van der Waals surface area contributed by atoms with Gasteiger partial charge in [0.05, 0.1) is 0 Å². The molecule has 32 heavy (non-hydrogen) atoms. The molecule has 1 aliphatic heterocycles. The number of carbonyl (C=O) groups excluding carboxylic acids is 1. The van der Waals surface area contributed by atoms with Gasteiger partial charge in [0.25, 0.3) is 0 Å². The highest BCUT2D eigenvalue weighted by Gasteiger charge is 2.28. The van der Waals surface area contributed by atoms with E-state index in [1.807, 2.05) is 6.92 Å². The van der Waals surface area contributed by atoms with Crippen molar-refractivity contribution in [2.24, 2.45) is 0 Å². The number of ether oxygens (including phenoxy) is 1. The minimum absolute atomic E-state index is 0.0327. The van der Waals surface area contributed by atoms with Crippen molar-refractivity contribution < 1.29 is 13.9 Å². The van der Waals surface area contributed by atoms with Gasteiger partial charge in [0.1, 0.15) is 23.7 Å². The molecule has 1 aromatic heterocycles. The quantitative estimate of drug-likeness (QED) is 0.591. The molecule has 1 N–H and O–H groups in total. The molecule has 2 aromatic carbocycles. The van der Waals surface area contributed by atoms with E-state index in [2.05, 4.69) is 20.2 Å². The lowest BCUT2D eigenvalue weighted by atomic mass is 10.2. The molecule has 9 heteroatoms. The SMILES string of the molecule is Cc1cc(F)ccc1Oc1cc(N2CCN(C(=O)Nc3ccc(Cl)cc3)[C@@H](C)C2)ncn1. The van der Waals surface area contributed by atoms with Crippen molar-refractivity contribution >= 4 is 29.1 Å². The first-order valence-corrected chi connectivity index (χ1v) is 10.6. The second-order valence-electron chi connectivity index (χ2n) is 7.65. The number of urea groups is 1. The molecule has 1 fully saturated rings. The van der Waals surface area contributed by atoms with Crippen molar-refractivity contribution in [3.63, 3.8) is 0 Å². The molecular formula is C23H23ClFN5O2. The van der Waals surface area contributed by atoms with Gasteiger partial charge in [-0.1, -0.05) is 11.6 Å². The molecule has 0 radical (unpaired) electrons. The van der Waals surface area contributed by atoms with Crippen LogP contribution in [0.4, 0.5) is 20.7 Å². The van der Waals surface area contributed by atoms with E-state index >= 15 is 0 Å². The molecule has 0 aliphatic carbocycles. The first-order valence-electron chi connectivity index (χ1n) is 10.2. The van der Waals surface area contributed by atoms with E-state index < -0.39 is 0 Å². The van der Waals surface area contributed by atoms with Gasteiger partial charge in [-0.3, -0.25) is 0 Å². The van der Waals surface area contributed by atoms with Crippen LogP contribution in [0.2, 0.25) is 5.02 Å². The van der Waals surface area contributed by atoms with Crippen molar-refractivity contribution in [2.75, 3.05) is 29.9 Å². The number of anilines is 2. The number of hydrogen-bond donors (Lipinski definition) is 1. The first kappa shape index (κ1) is 21.8. The van der Waals surface area contributed by atoms with Crippen molar-refractivity contribution in [1.82, 2.24) is 14.9 Å². The maximum atomic E-state index is 13.3. The lowest BCUT2D eigenvalue weighted by molar-refractivity contribution is 0.184. The summed E-state index contributed by atoms with van der Waals surface area (Å²) in [5, 5.41) is 3.53. The third-order valence-electron chi connectivity index (χ3n) is 5.29. The average molecular weight is 456 g/mol. The van der Waals surface area contributed by atoms with Crippen molar-refractivity contribution in [2.45, 2.75) is 19.9 Å². The Morgan fingerprint density at radius 1 is 1.16 bits per heavy atom. The Bertz CT molecular complexity index is 1110. The Kier molecular flexibility index (Phi) is 6.41. The smallest absolute Gasteiger partial charge is 0.322 e. The van der Waals surface area contributed by atoms with E-state index in [1.54, 1.807) is 48.2 Å². The fourth-order valence-electron chi connectivity index (χ4n) is 3.59. The van der Waals surface area contributed by atoms with Gasteiger partial charge >= 0.3 is 6.03 Å². The Morgan fingerprint density at radius 3 is 2.66 bits per heavy atom. The number of amides is 2. The maximum Gasteiger partial charge on any atom is 0.322 e. The van der Waals surface area contributed by atoms with Crippen LogP contribution in [0.5, 0.6) is 11.6 Å². The Balaban J connectivity index is 1.40. The summed E-state index contributed by atoms with van der Waals surface area (Å²) >= 11 is 5.90. The third-order valence-corrected chi connectivity index (χ3v) is 5.54. The number of carbonyl (C=O) groups is 1. The molecule has 7 nitrogen and oxygen atoms in total. The lowest BCUT2D eigenvalue weighted by Crippen LogP contribution is -2.55. The molecule has 1 atom stereocenters. The monoisotopic (exact) mass is 455 g/mol. The van der Waals surface area contributed by atoms with E-state index in [9.17, 15) is 9.18 Å². The van der Waals surface area contributed by atoms with Crippen LogP contribution in [-0.2, 0) is 0 Å². The fraction of sp³-hybridized carbons (Fsp3) is 0.261. The summed E-state index contributed by atoms with van der Waals surface area (Å²) in [6.45, 7) is 5.53. The van der Waals surface area contributed by atoms with Crippen molar-refractivity contribution in [3.05, 3.63) is 71.3 Å². The summed E-state index contributed by atoms with van der Waals surface area (Å²) in [4.78, 5) is 25.1. The summed E-state index contributed by atoms with van der Waals surface area (Å²) in [5.41, 5.74) is 1.38. The molecule has 2 amide bonds. The van der Waals surface area contributed by atoms with Crippen LogP contribution < -0.4 is 15.0 Å². The Hall–Kier alpha value is -3.39. The number of piperazine rings is 1. The number of aromatic nitrogens is 2. The first-order chi connectivity index (χ1) is 15.4. The van der Waals surface area contributed by atoms with Gasteiger partial charge in [0, 0.05) is 42.5 Å². The summed E-state index contributed by atoms with van der Waals surface area (Å²) in [6, 6.07) is 12.9. The van der Waals surface area contributed by atoms with Crippen molar-refractivity contribution in [1.29, 1.82) is 0 Å². The Labute approximate surface area is 190 Å². The predicted octanol–water partition coefficient (Wildman–Crippen LogP) is 5.11. The van der Waals surface area contributed by atoms with Gasteiger partial charge < -0.3 is 19.9 Å². The molecule has 166 valence electrons. The van der Waals surface area contributed by atoms with Gasteiger partial charge in [-0.05, 0) is 61.9 Å². The normalized spacial score (nSPS) is 16.1. The largest absolute Gasteiger partial charge is 0.439 e. The minimum Gasteiger partial charge on any atom is -0.439 e. The van der Waals surface area contributed by atoms with Crippen molar-refractivity contribution in [3.8, 4) is 11.6 Å². The number of aryl methyl sites for hydroxylation is 1. The number of rotatable bonds is 4. The van der Waals surface area contributed by atoms with Gasteiger partial charge in [-0.25, -0.2) is 19.2 Å². The summed E-state index contributed by atoms with van der Waals surface area (Å²) in [6.07, 6.45) is 1.44. The summed E-state index contributed by atoms with van der Waals surface area (Å²) in [5.74, 6) is 1.30. The third kappa shape index (κ3) is 5.08. The Morgan fingerprint density at radius 2 is 1.94 bits per heavy atom. The highest BCUT2D eigenvalue weighted by Crippen LogP contribution is 2.27. The van der Waals surface area contributed by atoms with Gasteiger partial charge in [0.15, 0.2) is 0 Å². The van der Waals surface area contributed by atoms with Gasteiger partial charge in [0.2, 0.25) is 5.88 Å². The second kappa shape index (κ2) is 9.40. The van der Waals surface area contributed by atoms with Crippen LogP contribution in [0.25, 0.3) is 0 Å². The molecule has 1 saturated heterocycles. The van der Waals surface area contributed by atoms with Crippen LogP contribution >= 0.6 is 11.6 Å². The van der Waals surface area contributed by atoms with E-state index in [0.717, 1.165) is 0 Å². The van der Waals surface area contributed by atoms with E-state index in [0.29, 0.717) is 53.4 Å². The molecule has 2 heterocycles. The average Bonchev–Trinajstić information content (AvgIpc) is 2.77. The summed E-state index contributed by atoms with van der Waals surface area (Å²) < 4.78 is 19.2. The number of hydrogen-bond acceptors (Lipinski definition) is 5. The minimum atomic E-state index is -0.315. The van der Waals surface area contributed by atoms with Crippen LogP contribution in [0.3, 0.4) is 0 Å². The summed E-state index contributed by atoms with van der Waals surface area (Å²) in [7, 11) is 0. The molecule has 3 aromatic rings. The zero-order valence-corrected chi connectivity index (χ0v) is 18.5. The number of benzene rings is 2. The standard InChI is InChI=1S/C23H23ClFN5O2/c1-15-11-18(25)5-8-20(15)32-22-12-21(26-14-27-22)29-9-10-30(16(2)13-29)23(31)28-19-6-3-17(24)4-7-19/h3-8,11-12,14,16H,9-10,13H2,1-2H3,(H,28,31)/t16-/m0/s1. The predicted molar refractivity (Wildman–Crippen MR) is 122 cm³/mol. The molecule has 1 aliphatic rings. The van der Waals surface area contributed by atoms with Crippen LogP contribution in [0.1, 0.15) is 12.5 Å². The molecule has 0 unspecified atom stereocenters. The maximum absolute atomic E-state index is 13.3. The van der Waals surface area contributed by atoms with E-state index in [1.165, 1.54) is 18.5 Å². The number of nitrogens with one attached hydrogen (secondary N) is 1. The molecule has 0 saturated carbocycles. The van der Waals surface area contributed by atoms with Crippen LogP contribution in [-0.4, -0.2) is 46.6 Å². The molecular weight excluding hydrogens is 433 g/mol. The van der Waals surface area contributed by atoms with E-state index in [4.69, 9.17) is 16.3 Å². The topological polar surface area (TPSA) is 70.6 Å². The van der Waals surface area contributed by atoms with Crippen LogP contribution in [0, 0.1) is 12.7 Å². The zero-order valence-electron chi connectivity index (χ0n) is 17.8. The highest BCUT2D eigenvalue weighted by atomic mass is 35.5. The molecule has 0 bridgehead atoms.